The number of hydrogen-bond donors (Lipinski definition) is 2. The number of aliphatic hydroxyl groups excluding tert-OH is 1. The summed E-state index contributed by atoms with van der Waals surface area (Å²) in [7, 11) is 0. The Balaban J connectivity index is 2.64. The summed E-state index contributed by atoms with van der Waals surface area (Å²) in [5, 5.41) is 13.2. The summed E-state index contributed by atoms with van der Waals surface area (Å²) in [4.78, 5) is 12.2. The van der Waals surface area contributed by atoms with Crippen molar-refractivity contribution < 1.29 is 9.90 Å². The zero-order chi connectivity index (χ0) is 15.5. The van der Waals surface area contributed by atoms with Crippen molar-refractivity contribution in [2.45, 2.75) is 53.2 Å². The average Bonchev–Trinajstić information content (AvgIpc) is 2.66. The second kappa shape index (κ2) is 6.64. The van der Waals surface area contributed by atoms with Crippen molar-refractivity contribution in [3.8, 4) is 0 Å². The van der Waals surface area contributed by atoms with Crippen molar-refractivity contribution in [2.24, 2.45) is 5.41 Å². The normalized spacial score (nSPS) is 13.6. The number of amides is 1. The summed E-state index contributed by atoms with van der Waals surface area (Å²) in [6.45, 7) is 10.4. The van der Waals surface area contributed by atoms with Crippen LogP contribution in [-0.4, -0.2) is 28.2 Å². The summed E-state index contributed by atoms with van der Waals surface area (Å²) >= 11 is 5.95. The van der Waals surface area contributed by atoms with E-state index in [4.69, 9.17) is 11.6 Å². The van der Waals surface area contributed by atoms with Gasteiger partial charge < -0.3 is 15.0 Å². The van der Waals surface area contributed by atoms with Gasteiger partial charge in [0.05, 0.1) is 11.1 Å². The molecule has 4 nitrogen and oxygen atoms in total. The fraction of sp³-hybridized carbons (Fsp3) is 0.667. The molecule has 0 saturated carbocycles. The molecule has 0 saturated heterocycles. The van der Waals surface area contributed by atoms with Gasteiger partial charge in [-0.3, -0.25) is 4.79 Å². The molecule has 1 amide bonds. The van der Waals surface area contributed by atoms with Gasteiger partial charge in [0.15, 0.2) is 0 Å². The minimum atomic E-state index is -0.545. The number of carbonyl (C=O) groups excluding carboxylic acids is 1. The van der Waals surface area contributed by atoms with E-state index < -0.39 is 6.10 Å². The van der Waals surface area contributed by atoms with Gasteiger partial charge in [-0.2, -0.15) is 0 Å². The number of hydrogen-bond acceptors (Lipinski definition) is 2. The van der Waals surface area contributed by atoms with Crippen LogP contribution in [0.4, 0.5) is 0 Å². The molecule has 1 heterocycles. The van der Waals surface area contributed by atoms with Crippen LogP contribution >= 0.6 is 11.6 Å². The third kappa shape index (κ3) is 5.17. The highest BCUT2D eigenvalue weighted by molar-refractivity contribution is 6.31. The molecule has 1 rings (SSSR count). The molecule has 114 valence electrons. The molecule has 0 aromatic carbocycles. The lowest BCUT2D eigenvalue weighted by molar-refractivity contribution is 0.0859. The molecule has 1 atom stereocenters. The predicted molar refractivity (Wildman–Crippen MR) is 82.2 cm³/mol. The average molecular weight is 301 g/mol. The second-order valence-electron chi connectivity index (χ2n) is 6.67. The first-order valence-electron chi connectivity index (χ1n) is 6.94. The number of nitrogens with one attached hydrogen (secondary N) is 1. The maximum Gasteiger partial charge on any atom is 0.268 e. The molecule has 1 aromatic rings. The van der Waals surface area contributed by atoms with Crippen molar-refractivity contribution in [3.05, 3.63) is 23.0 Å². The molecule has 5 heteroatoms. The fourth-order valence-electron chi connectivity index (χ4n) is 2.13. The van der Waals surface area contributed by atoms with Crippen molar-refractivity contribution in [3.63, 3.8) is 0 Å². The highest BCUT2D eigenvalue weighted by Gasteiger charge is 2.19. The minimum Gasteiger partial charge on any atom is -0.391 e. The van der Waals surface area contributed by atoms with E-state index in [1.165, 1.54) is 0 Å². The number of nitrogens with zero attached hydrogens (tertiary/aromatic N) is 1. The number of aromatic nitrogens is 1. The molecule has 0 radical (unpaired) electrons. The molecule has 1 unspecified atom stereocenters. The molecule has 20 heavy (non-hydrogen) atoms. The van der Waals surface area contributed by atoms with E-state index >= 15 is 0 Å². The van der Waals surface area contributed by atoms with E-state index in [0.29, 0.717) is 17.1 Å². The van der Waals surface area contributed by atoms with Gasteiger partial charge >= 0.3 is 0 Å². The number of rotatable bonds is 5. The van der Waals surface area contributed by atoms with Crippen LogP contribution in [0.15, 0.2) is 12.3 Å². The number of halogens is 1. The largest absolute Gasteiger partial charge is 0.391 e. The monoisotopic (exact) mass is 300 g/mol. The lowest BCUT2D eigenvalue weighted by Crippen LogP contribution is -2.35. The van der Waals surface area contributed by atoms with Gasteiger partial charge in [0, 0.05) is 18.8 Å². The number of aliphatic hydroxyl groups is 1. The van der Waals surface area contributed by atoms with Gasteiger partial charge in [0.2, 0.25) is 0 Å². The Morgan fingerprint density at radius 2 is 2.05 bits per heavy atom. The van der Waals surface area contributed by atoms with Crippen molar-refractivity contribution in [1.29, 1.82) is 0 Å². The Morgan fingerprint density at radius 1 is 1.45 bits per heavy atom. The molecule has 2 N–H and O–H groups in total. The van der Waals surface area contributed by atoms with E-state index in [9.17, 15) is 9.90 Å². The summed E-state index contributed by atoms with van der Waals surface area (Å²) in [6, 6.07) is 1.80. The van der Waals surface area contributed by atoms with Crippen LogP contribution in [0.25, 0.3) is 0 Å². The molecule has 0 spiro atoms. The Morgan fingerprint density at radius 3 is 2.55 bits per heavy atom. The molecular weight excluding hydrogens is 276 g/mol. The Bertz CT molecular complexity index is 461. The fourth-order valence-corrected chi connectivity index (χ4v) is 2.34. The third-order valence-corrected chi connectivity index (χ3v) is 3.16. The minimum absolute atomic E-state index is 0.0333. The molecule has 0 bridgehead atoms. The topological polar surface area (TPSA) is 54.3 Å². The molecular formula is C15H25ClN2O2. The van der Waals surface area contributed by atoms with Gasteiger partial charge in [0.1, 0.15) is 5.69 Å². The van der Waals surface area contributed by atoms with Crippen LogP contribution in [0.1, 0.15) is 57.6 Å². The van der Waals surface area contributed by atoms with Crippen LogP contribution in [0.3, 0.4) is 0 Å². The highest BCUT2D eigenvalue weighted by Crippen LogP contribution is 2.21. The zero-order valence-corrected chi connectivity index (χ0v) is 13.7. The molecule has 0 aliphatic rings. The Kier molecular flexibility index (Phi) is 5.66. The van der Waals surface area contributed by atoms with Gasteiger partial charge in [-0.15, -0.1) is 0 Å². The maximum absolute atomic E-state index is 12.2. The van der Waals surface area contributed by atoms with Crippen molar-refractivity contribution in [2.75, 3.05) is 6.54 Å². The van der Waals surface area contributed by atoms with Crippen molar-refractivity contribution in [1.82, 2.24) is 9.88 Å². The van der Waals surface area contributed by atoms with Gasteiger partial charge in [0.25, 0.3) is 5.91 Å². The lowest BCUT2D eigenvalue weighted by Gasteiger charge is -2.22. The summed E-state index contributed by atoms with van der Waals surface area (Å²) in [6.07, 6.45) is 1.84. The first-order chi connectivity index (χ1) is 9.10. The van der Waals surface area contributed by atoms with E-state index in [1.54, 1.807) is 12.3 Å². The van der Waals surface area contributed by atoms with Gasteiger partial charge in [-0.25, -0.2) is 0 Å². The standard InChI is InChI=1S/C15H25ClN2O2/c1-10(2)18-9-11(16)6-13(18)14(20)17-8-12(19)7-15(3,4)5/h6,9-10,12,19H,7-8H2,1-5H3,(H,17,20). The van der Waals surface area contributed by atoms with E-state index in [0.717, 1.165) is 0 Å². The van der Waals surface area contributed by atoms with Crippen LogP contribution in [0.2, 0.25) is 5.02 Å². The summed E-state index contributed by atoms with van der Waals surface area (Å²) < 4.78 is 1.83. The molecule has 0 fully saturated rings. The van der Waals surface area contributed by atoms with Gasteiger partial charge in [-0.05, 0) is 31.7 Å². The maximum atomic E-state index is 12.2. The highest BCUT2D eigenvalue weighted by atomic mass is 35.5. The van der Waals surface area contributed by atoms with E-state index in [1.807, 2.05) is 18.4 Å². The molecule has 0 aliphatic carbocycles. The zero-order valence-electron chi connectivity index (χ0n) is 12.9. The second-order valence-corrected chi connectivity index (χ2v) is 7.11. The SMILES string of the molecule is CC(C)n1cc(Cl)cc1C(=O)NCC(O)CC(C)(C)C. The quantitative estimate of drug-likeness (QED) is 0.877. The molecule has 0 aliphatic heterocycles. The van der Waals surface area contributed by atoms with Crippen LogP contribution in [-0.2, 0) is 0 Å². The van der Waals surface area contributed by atoms with Crippen LogP contribution in [0, 0.1) is 5.41 Å². The summed E-state index contributed by atoms with van der Waals surface area (Å²) in [5.74, 6) is -0.210. The van der Waals surface area contributed by atoms with Crippen LogP contribution in [0.5, 0.6) is 0 Å². The molecule has 1 aromatic heterocycles. The Hall–Kier alpha value is -1.00. The lowest BCUT2D eigenvalue weighted by atomic mass is 9.89. The van der Waals surface area contributed by atoms with Gasteiger partial charge in [-0.1, -0.05) is 32.4 Å². The third-order valence-electron chi connectivity index (χ3n) is 2.95. The van der Waals surface area contributed by atoms with Crippen LogP contribution < -0.4 is 5.32 Å². The van der Waals surface area contributed by atoms with E-state index in [2.05, 4.69) is 26.1 Å². The first-order valence-corrected chi connectivity index (χ1v) is 7.31. The Labute approximate surface area is 126 Å². The summed E-state index contributed by atoms with van der Waals surface area (Å²) in [5.41, 5.74) is 0.555. The number of carbonyl (C=O) groups is 1. The smallest absolute Gasteiger partial charge is 0.268 e. The van der Waals surface area contributed by atoms with Crippen molar-refractivity contribution >= 4 is 17.5 Å². The first kappa shape index (κ1) is 17.1. The van der Waals surface area contributed by atoms with E-state index in [-0.39, 0.29) is 23.9 Å². The predicted octanol–water partition coefficient (Wildman–Crippen LogP) is 3.25.